The Morgan fingerprint density at radius 2 is 2.04 bits per heavy atom. The number of nitrogens with zero attached hydrogens (tertiary/aromatic N) is 1. The van der Waals surface area contributed by atoms with Gasteiger partial charge in [-0.3, -0.25) is 9.69 Å². The highest BCUT2D eigenvalue weighted by Gasteiger charge is 2.13. The van der Waals surface area contributed by atoms with Gasteiger partial charge in [0.15, 0.2) is 0 Å². The average Bonchev–Trinajstić information content (AvgIpc) is 2.66. The zero-order chi connectivity index (χ0) is 19.1. The van der Waals surface area contributed by atoms with E-state index >= 15 is 0 Å². The van der Waals surface area contributed by atoms with Crippen LogP contribution in [0.4, 0.5) is 5.69 Å². The largest absolute Gasteiger partial charge is 0.507 e. The van der Waals surface area contributed by atoms with Gasteiger partial charge in [0.1, 0.15) is 11.5 Å². The van der Waals surface area contributed by atoms with Crippen molar-refractivity contribution in [1.29, 1.82) is 0 Å². The van der Waals surface area contributed by atoms with Gasteiger partial charge >= 0.3 is 0 Å². The number of carbonyl (C=O) groups excluding carboxylic acids is 1. The van der Waals surface area contributed by atoms with Crippen molar-refractivity contribution in [1.82, 2.24) is 4.90 Å². The molecular formula is C21H26N2O4. The maximum atomic E-state index is 12.4. The SMILES string of the molecule is Cc1cccc(NC(=O)c2ccc(OCCCN3CCOCC3)cc2O)c1. The minimum atomic E-state index is -0.350. The second-order valence-electron chi connectivity index (χ2n) is 6.66. The van der Waals surface area contributed by atoms with Gasteiger partial charge < -0.3 is 19.9 Å². The maximum Gasteiger partial charge on any atom is 0.259 e. The third-order valence-electron chi connectivity index (χ3n) is 4.48. The molecule has 0 atom stereocenters. The van der Waals surface area contributed by atoms with E-state index in [0.29, 0.717) is 18.0 Å². The van der Waals surface area contributed by atoms with Crippen molar-refractivity contribution in [2.75, 3.05) is 44.8 Å². The fourth-order valence-electron chi connectivity index (χ4n) is 3.02. The summed E-state index contributed by atoms with van der Waals surface area (Å²) in [6.07, 6.45) is 0.899. The maximum absolute atomic E-state index is 12.4. The summed E-state index contributed by atoms with van der Waals surface area (Å²) in [6.45, 7) is 7.00. The molecule has 2 N–H and O–H groups in total. The first kappa shape index (κ1) is 19.2. The van der Waals surface area contributed by atoms with Crippen molar-refractivity contribution < 1.29 is 19.4 Å². The molecule has 27 heavy (non-hydrogen) atoms. The van der Waals surface area contributed by atoms with E-state index in [0.717, 1.165) is 44.8 Å². The predicted octanol–water partition coefficient (Wildman–Crippen LogP) is 3.05. The van der Waals surface area contributed by atoms with Crippen molar-refractivity contribution >= 4 is 11.6 Å². The van der Waals surface area contributed by atoms with E-state index in [1.54, 1.807) is 12.1 Å². The zero-order valence-corrected chi connectivity index (χ0v) is 15.6. The number of anilines is 1. The van der Waals surface area contributed by atoms with Crippen LogP contribution in [0.2, 0.25) is 0 Å². The molecule has 3 rings (SSSR count). The minimum Gasteiger partial charge on any atom is -0.507 e. The molecule has 144 valence electrons. The van der Waals surface area contributed by atoms with Crippen LogP contribution >= 0.6 is 0 Å². The number of amides is 1. The van der Waals surface area contributed by atoms with Crippen molar-refractivity contribution in [3.05, 3.63) is 53.6 Å². The van der Waals surface area contributed by atoms with E-state index in [4.69, 9.17) is 9.47 Å². The summed E-state index contributed by atoms with van der Waals surface area (Å²) in [5, 5.41) is 13.0. The minimum absolute atomic E-state index is 0.0918. The number of morpholine rings is 1. The molecule has 0 saturated carbocycles. The van der Waals surface area contributed by atoms with Gasteiger partial charge in [-0.15, -0.1) is 0 Å². The molecule has 6 nitrogen and oxygen atoms in total. The molecule has 0 bridgehead atoms. The van der Waals surface area contributed by atoms with E-state index in [-0.39, 0.29) is 17.2 Å². The molecule has 1 aliphatic rings. The highest BCUT2D eigenvalue weighted by Crippen LogP contribution is 2.25. The molecule has 1 heterocycles. The quantitative estimate of drug-likeness (QED) is 0.733. The van der Waals surface area contributed by atoms with Crippen LogP contribution in [-0.4, -0.2) is 55.4 Å². The number of benzene rings is 2. The number of aryl methyl sites for hydroxylation is 1. The van der Waals surface area contributed by atoms with Crippen molar-refractivity contribution in [2.45, 2.75) is 13.3 Å². The first-order chi connectivity index (χ1) is 13.1. The molecule has 0 aliphatic carbocycles. The van der Waals surface area contributed by atoms with E-state index < -0.39 is 0 Å². The Bertz CT molecular complexity index is 773. The molecular weight excluding hydrogens is 344 g/mol. The van der Waals surface area contributed by atoms with Crippen LogP contribution in [0.3, 0.4) is 0 Å². The van der Waals surface area contributed by atoms with E-state index in [1.165, 1.54) is 6.07 Å². The number of aromatic hydroxyl groups is 1. The van der Waals surface area contributed by atoms with Gasteiger partial charge in [0, 0.05) is 31.4 Å². The Balaban J connectivity index is 1.49. The summed E-state index contributed by atoms with van der Waals surface area (Å²) in [5.41, 5.74) is 1.97. The summed E-state index contributed by atoms with van der Waals surface area (Å²) < 4.78 is 11.0. The lowest BCUT2D eigenvalue weighted by Crippen LogP contribution is -2.37. The van der Waals surface area contributed by atoms with Crippen LogP contribution in [0, 0.1) is 6.92 Å². The Labute approximate surface area is 159 Å². The van der Waals surface area contributed by atoms with Gasteiger partial charge in [-0.1, -0.05) is 12.1 Å². The summed E-state index contributed by atoms with van der Waals surface area (Å²) >= 11 is 0. The fraction of sp³-hybridized carbons (Fsp3) is 0.381. The molecule has 0 unspecified atom stereocenters. The number of phenolic OH excluding ortho intramolecular Hbond substituents is 1. The van der Waals surface area contributed by atoms with Crippen LogP contribution in [0.1, 0.15) is 22.3 Å². The zero-order valence-electron chi connectivity index (χ0n) is 15.6. The van der Waals surface area contributed by atoms with Crippen molar-refractivity contribution in [2.24, 2.45) is 0 Å². The first-order valence-corrected chi connectivity index (χ1v) is 9.26. The number of hydrogen-bond acceptors (Lipinski definition) is 5. The number of rotatable bonds is 7. The Kier molecular flexibility index (Phi) is 6.68. The topological polar surface area (TPSA) is 71.0 Å². The number of hydrogen-bond donors (Lipinski definition) is 2. The molecule has 2 aromatic carbocycles. The van der Waals surface area contributed by atoms with E-state index in [2.05, 4.69) is 10.2 Å². The number of carbonyl (C=O) groups is 1. The first-order valence-electron chi connectivity index (χ1n) is 9.26. The Morgan fingerprint density at radius 1 is 1.22 bits per heavy atom. The van der Waals surface area contributed by atoms with Gasteiger partial charge in [0.2, 0.25) is 0 Å². The predicted molar refractivity (Wildman–Crippen MR) is 105 cm³/mol. The number of phenols is 1. The van der Waals surface area contributed by atoms with Gasteiger partial charge in [0.25, 0.3) is 5.91 Å². The third-order valence-corrected chi connectivity index (χ3v) is 4.48. The highest BCUT2D eigenvalue weighted by atomic mass is 16.5. The second-order valence-corrected chi connectivity index (χ2v) is 6.66. The summed E-state index contributed by atoms with van der Waals surface area (Å²) in [5.74, 6) is 0.115. The molecule has 1 amide bonds. The lowest BCUT2D eigenvalue weighted by atomic mass is 10.1. The summed E-state index contributed by atoms with van der Waals surface area (Å²) in [4.78, 5) is 14.7. The van der Waals surface area contributed by atoms with Crippen LogP contribution in [-0.2, 0) is 4.74 Å². The standard InChI is InChI=1S/C21H26N2O4/c1-16-4-2-5-17(14-16)22-21(25)19-7-6-18(15-20(19)24)27-11-3-8-23-9-12-26-13-10-23/h2,4-7,14-15,24H,3,8-13H2,1H3,(H,22,25). The van der Waals surface area contributed by atoms with Crippen LogP contribution < -0.4 is 10.1 Å². The normalized spacial score (nSPS) is 14.7. The Hall–Kier alpha value is -2.57. The summed E-state index contributed by atoms with van der Waals surface area (Å²) in [7, 11) is 0. The third kappa shape index (κ3) is 5.70. The molecule has 6 heteroatoms. The van der Waals surface area contributed by atoms with E-state index in [9.17, 15) is 9.90 Å². The monoisotopic (exact) mass is 370 g/mol. The van der Waals surface area contributed by atoms with Gasteiger partial charge in [-0.2, -0.15) is 0 Å². The lowest BCUT2D eigenvalue weighted by Gasteiger charge is -2.26. The van der Waals surface area contributed by atoms with Gasteiger partial charge in [-0.25, -0.2) is 0 Å². The lowest BCUT2D eigenvalue weighted by molar-refractivity contribution is 0.0358. The number of ether oxygens (including phenoxy) is 2. The van der Waals surface area contributed by atoms with E-state index in [1.807, 2.05) is 31.2 Å². The summed E-state index contributed by atoms with van der Waals surface area (Å²) in [6, 6.07) is 12.3. The molecule has 1 aliphatic heterocycles. The fourth-order valence-corrected chi connectivity index (χ4v) is 3.02. The number of nitrogens with one attached hydrogen (secondary N) is 1. The van der Waals surface area contributed by atoms with Crippen molar-refractivity contribution in [3.8, 4) is 11.5 Å². The van der Waals surface area contributed by atoms with Crippen LogP contribution in [0.15, 0.2) is 42.5 Å². The molecule has 0 aromatic heterocycles. The van der Waals surface area contributed by atoms with Gasteiger partial charge in [-0.05, 0) is 43.2 Å². The smallest absolute Gasteiger partial charge is 0.259 e. The van der Waals surface area contributed by atoms with Crippen LogP contribution in [0.5, 0.6) is 11.5 Å². The Morgan fingerprint density at radius 3 is 2.78 bits per heavy atom. The molecule has 1 fully saturated rings. The molecule has 0 radical (unpaired) electrons. The average molecular weight is 370 g/mol. The molecule has 2 aromatic rings. The van der Waals surface area contributed by atoms with Gasteiger partial charge in [0.05, 0.1) is 25.4 Å². The van der Waals surface area contributed by atoms with Crippen molar-refractivity contribution in [3.63, 3.8) is 0 Å². The molecule has 0 spiro atoms. The second kappa shape index (κ2) is 9.39. The molecule has 1 saturated heterocycles. The highest BCUT2D eigenvalue weighted by molar-refractivity contribution is 6.06. The van der Waals surface area contributed by atoms with Crippen LogP contribution in [0.25, 0.3) is 0 Å².